The molecule has 1 aliphatic heterocycles. The van der Waals surface area contributed by atoms with Crippen molar-refractivity contribution < 1.29 is 14.3 Å². The number of rotatable bonds is 6. The Morgan fingerprint density at radius 2 is 2.22 bits per heavy atom. The highest BCUT2D eigenvalue weighted by Gasteiger charge is 2.29. The third-order valence-corrected chi connectivity index (χ3v) is 4.30. The lowest BCUT2D eigenvalue weighted by Crippen LogP contribution is -2.40. The Hall–Kier alpha value is -1.98. The summed E-state index contributed by atoms with van der Waals surface area (Å²) in [6.07, 6.45) is 3.11. The smallest absolute Gasteiger partial charge is 0.222 e. The first-order valence-corrected chi connectivity index (χ1v) is 7.96. The van der Waals surface area contributed by atoms with Gasteiger partial charge < -0.3 is 14.8 Å². The van der Waals surface area contributed by atoms with Crippen LogP contribution in [0.25, 0.3) is 10.9 Å². The molecule has 2 aromatic rings. The molecular formula is C18H22N2O3. The standard InChI is InChI=1S/C18H22N2O3/c1-22-9-7-18(21)20-17-12-23-11-14(17)10-13-6-8-19-16-5-3-2-4-15(13)16/h2-6,8,14,17H,7,9-12H2,1H3,(H,20,21)/t14-,17+/m1/s1. The molecule has 0 bridgehead atoms. The summed E-state index contributed by atoms with van der Waals surface area (Å²) in [5, 5.41) is 4.25. The van der Waals surface area contributed by atoms with Crippen LogP contribution in [0.15, 0.2) is 36.5 Å². The molecular weight excluding hydrogens is 292 g/mol. The van der Waals surface area contributed by atoms with E-state index in [0.717, 1.165) is 11.9 Å². The van der Waals surface area contributed by atoms with Gasteiger partial charge in [0.05, 0.1) is 31.4 Å². The molecule has 1 saturated heterocycles. The van der Waals surface area contributed by atoms with Crippen molar-refractivity contribution in [1.82, 2.24) is 10.3 Å². The average molecular weight is 314 g/mol. The molecule has 1 aromatic carbocycles. The lowest BCUT2D eigenvalue weighted by molar-refractivity contribution is -0.122. The minimum atomic E-state index is 0.0203. The van der Waals surface area contributed by atoms with E-state index >= 15 is 0 Å². The van der Waals surface area contributed by atoms with E-state index in [2.05, 4.69) is 22.4 Å². The zero-order valence-corrected chi connectivity index (χ0v) is 13.3. The lowest BCUT2D eigenvalue weighted by atomic mass is 9.93. The van der Waals surface area contributed by atoms with Gasteiger partial charge in [0, 0.05) is 31.0 Å². The van der Waals surface area contributed by atoms with E-state index in [9.17, 15) is 4.79 Å². The first-order chi connectivity index (χ1) is 11.3. The number of methoxy groups -OCH3 is 1. The van der Waals surface area contributed by atoms with Crippen LogP contribution in [0.5, 0.6) is 0 Å². The number of hydrogen-bond donors (Lipinski definition) is 1. The summed E-state index contributed by atoms with van der Waals surface area (Å²) in [7, 11) is 1.60. The number of benzene rings is 1. The fourth-order valence-corrected chi connectivity index (χ4v) is 3.05. The van der Waals surface area contributed by atoms with Crippen molar-refractivity contribution in [2.24, 2.45) is 5.92 Å². The summed E-state index contributed by atoms with van der Waals surface area (Å²) in [6.45, 7) is 1.69. The molecule has 1 aliphatic rings. The molecule has 1 amide bonds. The molecule has 0 aliphatic carbocycles. The number of pyridine rings is 1. The van der Waals surface area contributed by atoms with Gasteiger partial charge in [-0.1, -0.05) is 18.2 Å². The van der Waals surface area contributed by atoms with E-state index in [1.807, 2.05) is 24.4 Å². The number of para-hydroxylation sites is 1. The second-order valence-electron chi connectivity index (χ2n) is 5.91. The maximum Gasteiger partial charge on any atom is 0.222 e. The minimum absolute atomic E-state index is 0.0203. The largest absolute Gasteiger partial charge is 0.384 e. The van der Waals surface area contributed by atoms with Crippen LogP contribution in [0.2, 0.25) is 0 Å². The molecule has 0 unspecified atom stereocenters. The SMILES string of the molecule is COCCC(=O)N[C@H]1COC[C@H]1Cc1ccnc2ccccc12. The van der Waals surface area contributed by atoms with E-state index < -0.39 is 0 Å². The van der Waals surface area contributed by atoms with Gasteiger partial charge in [0.25, 0.3) is 0 Å². The van der Waals surface area contributed by atoms with Gasteiger partial charge >= 0.3 is 0 Å². The molecule has 2 atom stereocenters. The number of ether oxygens (including phenoxy) is 2. The third kappa shape index (κ3) is 3.86. The molecule has 23 heavy (non-hydrogen) atoms. The minimum Gasteiger partial charge on any atom is -0.384 e. The summed E-state index contributed by atoms with van der Waals surface area (Å²) >= 11 is 0. The summed E-state index contributed by atoms with van der Waals surface area (Å²) in [4.78, 5) is 16.3. The lowest BCUT2D eigenvalue weighted by Gasteiger charge is -2.19. The van der Waals surface area contributed by atoms with E-state index in [1.165, 1.54) is 10.9 Å². The van der Waals surface area contributed by atoms with Gasteiger partial charge in [0.2, 0.25) is 5.91 Å². The number of carbonyl (C=O) groups excluding carboxylic acids is 1. The Balaban J connectivity index is 1.69. The number of amides is 1. The van der Waals surface area contributed by atoms with Crippen molar-refractivity contribution in [2.45, 2.75) is 18.9 Å². The van der Waals surface area contributed by atoms with E-state index in [4.69, 9.17) is 9.47 Å². The number of nitrogens with zero attached hydrogens (tertiary/aromatic N) is 1. The van der Waals surface area contributed by atoms with Gasteiger partial charge in [0.1, 0.15) is 0 Å². The monoisotopic (exact) mass is 314 g/mol. The molecule has 5 nitrogen and oxygen atoms in total. The number of aromatic nitrogens is 1. The van der Waals surface area contributed by atoms with Crippen LogP contribution in [-0.2, 0) is 20.7 Å². The van der Waals surface area contributed by atoms with Crippen molar-refractivity contribution >= 4 is 16.8 Å². The van der Waals surface area contributed by atoms with Gasteiger partial charge in [-0.2, -0.15) is 0 Å². The molecule has 0 saturated carbocycles. The topological polar surface area (TPSA) is 60.5 Å². The summed E-state index contributed by atoms with van der Waals surface area (Å²) in [5.41, 5.74) is 2.26. The average Bonchev–Trinajstić information content (AvgIpc) is 3.00. The number of carbonyl (C=O) groups is 1. The van der Waals surface area contributed by atoms with Crippen LogP contribution in [0.4, 0.5) is 0 Å². The van der Waals surface area contributed by atoms with Gasteiger partial charge in [-0.15, -0.1) is 0 Å². The van der Waals surface area contributed by atoms with Crippen LogP contribution in [0, 0.1) is 5.92 Å². The molecule has 1 N–H and O–H groups in total. The van der Waals surface area contributed by atoms with Crippen molar-refractivity contribution in [3.8, 4) is 0 Å². The van der Waals surface area contributed by atoms with Crippen molar-refractivity contribution in [3.05, 3.63) is 42.1 Å². The normalized spacial score (nSPS) is 20.7. The first-order valence-electron chi connectivity index (χ1n) is 7.96. The van der Waals surface area contributed by atoms with E-state index in [-0.39, 0.29) is 17.9 Å². The van der Waals surface area contributed by atoms with Gasteiger partial charge in [-0.3, -0.25) is 9.78 Å². The van der Waals surface area contributed by atoms with Gasteiger partial charge in [0.15, 0.2) is 0 Å². The highest BCUT2D eigenvalue weighted by molar-refractivity contribution is 5.81. The molecule has 3 rings (SSSR count). The van der Waals surface area contributed by atoms with Gasteiger partial charge in [-0.25, -0.2) is 0 Å². The van der Waals surface area contributed by atoms with Crippen molar-refractivity contribution in [2.75, 3.05) is 26.9 Å². The predicted octanol–water partition coefficient (Wildman–Crippen LogP) is 1.94. The zero-order chi connectivity index (χ0) is 16.1. The summed E-state index contributed by atoms with van der Waals surface area (Å²) < 4.78 is 10.5. The van der Waals surface area contributed by atoms with Crippen LogP contribution >= 0.6 is 0 Å². The molecule has 122 valence electrons. The maximum absolute atomic E-state index is 11.9. The first kappa shape index (κ1) is 15.9. The van der Waals surface area contributed by atoms with Crippen molar-refractivity contribution in [3.63, 3.8) is 0 Å². The zero-order valence-electron chi connectivity index (χ0n) is 13.3. The van der Waals surface area contributed by atoms with Gasteiger partial charge in [-0.05, 0) is 24.1 Å². The second kappa shape index (κ2) is 7.53. The number of nitrogens with one attached hydrogen (secondary N) is 1. The van der Waals surface area contributed by atoms with E-state index in [0.29, 0.717) is 26.2 Å². The fraction of sp³-hybridized carbons (Fsp3) is 0.444. The molecule has 2 heterocycles. The van der Waals surface area contributed by atoms with Crippen LogP contribution in [0.1, 0.15) is 12.0 Å². The number of fused-ring (bicyclic) bond motifs is 1. The Bertz CT molecular complexity index is 669. The molecule has 1 fully saturated rings. The van der Waals surface area contributed by atoms with Crippen LogP contribution in [-0.4, -0.2) is 43.9 Å². The van der Waals surface area contributed by atoms with Crippen LogP contribution in [0.3, 0.4) is 0 Å². The highest BCUT2D eigenvalue weighted by Crippen LogP contribution is 2.24. The predicted molar refractivity (Wildman–Crippen MR) is 88.2 cm³/mol. The molecule has 1 aromatic heterocycles. The van der Waals surface area contributed by atoms with Crippen molar-refractivity contribution in [1.29, 1.82) is 0 Å². The summed E-state index contributed by atoms with van der Waals surface area (Å²) in [5.74, 6) is 0.305. The Labute approximate surface area is 136 Å². The quantitative estimate of drug-likeness (QED) is 0.885. The fourth-order valence-electron chi connectivity index (χ4n) is 3.05. The Morgan fingerprint density at radius 1 is 1.35 bits per heavy atom. The van der Waals surface area contributed by atoms with E-state index in [1.54, 1.807) is 7.11 Å². The molecule has 0 spiro atoms. The molecule has 5 heteroatoms. The maximum atomic E-state index is 11.9. The highest BCUT2D eigenvalue weighted by atomic mass is 16.5. The second-order valence-corrected chi connectivity index (χ2v) is 5.91. The number of hydrogen-bond acceptors (Lipinski definition) is 4. The Kier molecular flexibility index (Phi) is 5.20. The summed E-state index contributed by atoms with van der Waals surface area (Å²) in [6, 6.07) is 10.3. The van der Waals surface area contributed by atoms with Crippen LogP contribution < -0.4 is 5.32 Å². The third-order valence-electron chi connectivity index (χ3n) is 4.30. The molecule has 0 radical (unpaired) electrons. The Morgan fingerprint density at radius 3 is 3.09 bits per heavy atom.